The van der Waals surface area contributed by atoms with Gasteiger partial charge in [-0.1, -0.05) is 25.4 Å². The number of anilines is 1. The van der Waals surface area contributed by atoms with Crippen molar-refractivity contribution >= 4 is 34.6 Å². The number of rotatable bonds is 2. The third kappa shape index (κ3) is 2.17. The van der Waals surface area contributed by atoms with Crippen molar-refractivity contribution in [2.45, 2.75) is 13.8 Å². The number of hydrogen-bond donors (Lipinski definition) is 1. The van der Waals surface area contributed by atoms with Crippen LogP contribution in [-0.2, 0) is 4.79 Å². The smallest absolute Gasteiger partial charge is 0.302 e. The number of halogens is 1. The molecule has 1 N–H and O–H groups in total. The monoisotopic (exact) mass is 238 g/mol. The molecule has 0 aliphatic carbocycles. The lowest BCUT2D eigenvalue weighted by atomic mass is 10.2. The number of hydrogen-bond acceptors (Lipinski definition) is 3. The lowest BCUT2D eigenvalue weighted by Gasteiger charge is -2.01. The molecule has 0 radical (unpaired) electrons. The van der Waals surface area contributed by atoms with E-state index in [1.165, 1.54) is 0 Å². The lowest BCUT2D eigenvalue weighted by molar-refractivity contribution is -0.119. The minimum absolute atomic E-state index is 0.112. The maximum atomic E-state index is 11.4. The molecule has 1 heterocycles. The summed E-state index contributed by atoms with van der Waals surface area (Å²) in [5.41, 5.74) is 1.23. The Morgan fingerprint density at radius 3 is 2.94 bits per heavy atom. The van der Waals surface area contributed by atoms with Gasteiger partial charge in [0, 0.05) is 10.9 Å². The van der Waals surface area contributed by atoms with Gasteiger partial charge >= 0.3 is 6.01 Å². The fourth-order valence-corrected chi connectivity index (χ4v) is 1.37. The summed E-state index contributed by atoms with van der Waals surface area (Å²) in [6.45, 7) is 3.60. The van der Waals surface area contributed by atoms with Gasteiger partial charge < -0.3 is 4.42 Å². The predicted octanol–water partition coefficient (Wildman–Crippen LogP) is 3.08. The van der Waals surface area contributed by atoms with Crippen LogP contribution in [0.4, 0.5) is 6.01 Å². The molecule has 1 amide bonds. The maximum Gasteiger partial charge on any atom is 0.302 e. The number of nitrogens with one attached hydrogen (secondary N) is 1. The molecular formula is C11H11ClN2O2. The molecule has 4 nitrogen and oxygen atoms in total. The van der Waals surface area contributed by atoms with E-state index in [1.54, 1.807) is 32.0 Å². The first kappa shape index (κ1) is 11.0. The van der Waals surface area contributed by atoms with Gasteiger partial charge in [-0.3, -0.25) is 10.1 Å². The second-order valence-corrected chi connectivity index (χ2v) is 4.21. The zero-order valence-electron chi connectivity index (χ0n) is 8.95. The van der Waals surface area contributed by atoms with Gasteiger partial charge in [-0.05, 0) is 18.2 Å². The van der Waals surface area contributed by atoms with Crippen molar-refractivity contribution < 1.29 is 9.21 Å². The van der Waals surface area contributed by atoms with Crippen LogP contribution >= 0.6 is 11.6 Å². The highest BCUT2D eigenvalue weighted by Gasteiger charge is 2.12. The van der Waals surface area contributed by atoms with Crippen LogP contribution in [0.3, 0.4) is 0 Å². The molecule has 0 saturated heterocycles. The van der Waals surface area contributed by atoms with Crippen molar-refractivity contribution in [3.05, 3.63) is 23.2 Å². The molecule has 16 heavy (non-hydrogen) atoms. The van der Waals surface area contributed by atoms with Crippen LogP contribution < -0.4 is 5.32 Å². The summed E-state index contributed by atoms with van der Waals surface area (Å²) >= 11 is 5.82. The first-order valence-corrected chi connectivity index (χ1v) is 5.31. The summed E-state index contributed by atoms with van der Waals surface area (Å²) in [7, 11) is 0. The van der Waals surface area contributed by atoms with Crippen LogP contribution in [-0.4, -0.2) is 10.9 Å². The molecule has 5 heteroatoms. The maximum absolute atomic E-state index is 11.4. The highest BCUT2D eigenvalue weighted by atomic mass is 35.5. The Labute approximate surface area is 97.6 Å². The van der Waals surface area contributed by atoms with Crippen molar-refractivity contribution in [3.8, 4) is 0 Å². The van der Waals surface area contributed by atoms with Gasteiger partial charge in [0.05, 0.1) is 0 Å². The number of carbonyl (C=O) groups excluding carboxylic acids is 1. The van der Waals surface area contributed by atoms with E-state index in [0.29, 0.717) is 16.1 Å². The first-order chi connectivity index (χ1) is 7.56. The van der Waals surface area contributed by atoms with E-state index in [9.17, 15) is 4.79 Å². The number of fused-ring (bicyclic) bond motifs is 1. The molecule has 0 spiro atoms. The van der Waals surface area contributed by atoms with Gasteiger partial charge in [0.1, 0.15) is 5.52 Å². The van der Waals surface area contributed by atoms with Crippen LogP contribution in [0.2, 0.25) is 5.02 Å². The molecule has 0 aliphatic heterocycles. The zero-order chi connectivity index (χ0) is 11.7. The molecule has 0 saturated carbocycles. The highest BCUT2D eigenvalue weighted by Crippen LogP contribution is 2.22. The Bertz CT molecular complexity index is 534. The van der Waals surface area contributed by atoms with Crippen molar-refractivity contribution in [1.82, 2.24) is 4.98 Å². The summed E-state index contributed by atoms with van der Waals surface area (Å²) < 4.78 is 5.34. The molecule has 0 atom stereocenters. The van der Waals surface area contributed by atoms with E-state index < -0.39 is 0 Å². The molecule has 1 aromatic carbocycles. The molecule has 1 aromatic heterocycles. The van der Waals surface area contributed by atoms with Crippen molar-refractivity contribution in [1.29, 1.82) is 0 Å². The number of oxazole rings is 1. The third-order valence-electron chi connectivity index (χ3n) is 2.10. The Morgan fingerprint density at radius 2 is 2.25 bits per heavy atom. The lowest BCUT2D eigenvalue weighted by Crippen LogP contribution is -2.17. The minimum atomic E-state index is -0.127. The third-order valence-corrected chi connectivity index (χ3v) is 2.34. The summed E-state index contributed by atoms with van der Waals surface area (Å²) in [5.74, 6) is -0.240. The molecule has 0 fully saturated rings. The summed E-state index contributed by atoms with van der Waals surface area (Å²) in [4.78, 5) is 15.5. The van der Waals surface area contributed by atoms with Crippen LogP contribution in [0.5, 0.6) is 0 Å². The summed E-state index contributed by atoms with van der Waals surface area (Å²) in [6.07, 6.45) is 0. The highest BCUT2D eigenvalue weighted by molar-refractivity contribution is 6.31. The predicted molar refractivity (Wildman–Crippen MR) is 62.5 cm³/mol. The standard InChI is InChI=1S/C11H11ClN2O2/c1-6(2)10(15)14-11-13-8-5-7(12)3-4-9(8)16-11/h3-6H,1-2H3,(H,13,14,15). The van der Waals surface area contributed by atoms with Gasteiger partial charge in [0.25, 0.3) is 0 Å². The van der Waals surface area contributed by atoms with E-state index in [2.05, 4.69) is 10.3 Å². The van der Waals surface area contributed by atoms with E-state index in [1.807, 2.05) is 0 Å². The topological polar surface area (TPSA) is 55.1 Å². The number of carbonyl (C=O) groups is 1. The number of aromatic nitrogens is 1. The Balaban J connectivity index is 2.29. The van der Waals surface area contributed by atoms with Crippen LogP contribution in [0, 0.1) is 5.92 Å². The molecule has 0 bridgehead atoms. The molecular weight excluding hydrogens is 228 g/mol. The molecule has 2 rings (SSSR count). The fraction of sp³-hybridized carbons (Fsp3) is 0.273. The van der Waals surface area contributed by atoms with Crippen molar-refractivity contribution in [3.63, 3.8) is 0 Å². The van der Waals surface area contributed by atoms with Gasteiger partial charge in [-0.25, -0.2) is 0 Å². The van der Waals surface area contributed by atoms with Crippen molar-refractivity contribution in [2.75, 3.05) is 5.32 Å². The normalized spacial score (nSPS) is 11.0. The Morgan fingerprint density at radius 1 is 1.50 bits per heavy atom. The quantitative estimate of drug-likeness (QED) is 0.875. The number of nitrogens with zero attached hydrogens (tertiary/aromatic N) is 1. The Kier molecular flexibility index (Phi) is 2.83. The van der Waals surface area contributed by atoms with Gasteiger partial charge in [-0.2, -0.15) is 4.98 Å². The Hall–Kier alpha value is -1.55. The molecule has 0 unspecified atom stereocenters. The second-order valence-electron chi connectivity index (χ2n) is 3.78. The van der Waals surface area contributed by atoms with Crippen molar-refractivity contribution in [2.24, 2.45) is 5.92 Å². The minimum Gasteiger partial charge on any atom is -0.423 e. The van der Waals surface area contributed by atoms with Gasteiger partial charge in [0.15, 0.2) is 5.58 Å². The van der Waals surface area contributed by atoms with Crippen LogP contribution in [0.25, 0.3) is 11.1 Å². The largest absolute Gasteiger partial charge is 0.423 e. The van der Waals surface area contributed by atoms with Gasteiger partial charge in [0.2, 0.25) is 5.91 Å². The average Bonchev–Trinajstić information content (AvgIpc) is 2.58. The number of benzene rings is 1. The van der Waals surface area contributed by atoms with E-state index in [0.717, 1.165) is 0 Å². The summed E-state index contributed by atoms with van der Waals surface area (Å²) in [5, 5.41) is 3.18. The fourth-order valence-electron chi connectivity index (χ4n) is 1.20. The molecule has 2 aromatic rings. The SMILES string of the molecule is CC(C)C(=O)Nc1nc2cc(Cl)ccc2o1. The molecule has 0 aliphatic rings. The van der Waals surface area contributed by atoms with Gasteiger partial charge in [-0.15, -0.1) is 0 Å². The van der Waals surface area contributed by atoms with E-state index >= 15 is 0 Å². The van der Waals surface area contributed by atoms with Crippen LogP contribution in [0.1, 0.15) is 13.8 Å². The second kappa shape index (κ2) is 4.14. The van der Waals surface area contributed by atoms with E-state index in [-0.39, 0.29) is 17.8 Å². The van der Waals surface area contributed by atoms with Crippen LogP contribution in [0.15, 0.2) is 22.6 Å². The van der Waals surface area contributed by atoms with E-state index in [4.69, 9.17) is 16.0 Å². The first-order valence-electron chi connectivity index (χ1n) is 4.93. The number of amides is 1. The zero-order valence-corrected chi connectivity index (χ0v) is 9.71. The summed E-state index contributed by atoms with van der Waals surface area (Å²) in [6, 6.07) is 5.32. The molecule has 84 valence electrons. The average molecular weight is 239 g/mol.